The number of ether oxygens (including phenoxy) is 1. The van der Waals surface area contributed by atoms with Crippen LogP contribution in [0.3, 0.4) is 0 Å². The SMILES string of the molecule is COc1ccc(-c2nc3c(C(=O)N4CCN(C(CO)c5ccc(C(=O)N(C)C)s5)C[C@H]4C)cnn3c(C(F)(F)F)c2C)cc1. The van der Waals surface area contributed by atoms with Gasteiger partial charge in [-0.25, -0.2) is 9.50 Å². The molecule has 0 aliphatic carbocycles. The maximum absolute atomic E-state index is 14.3. The van der Waals surface area contributed by atoms with E-state index in [1.165, 1.54) is 30.3 Å². The normalized spacial score (nSPS) is 16.8. The van der Waals surface area contributed by atoms with Crippen LogP contribution in [0.4, 0.5) is 13.2 Å². The lowest BCUT2D eigenvalue weighted by Gasteiger charge is -2.42. The molecular weight excluding hydrogens is 597 g/mol. The van der Waals surface area contributed by atoms with Crippen molar-refractivity contribution in [3.05, 3.63) is 69.2 Å². The zero-order valence-electron chi connectivity index (χ0n) is 24.9. The van der Waals surface area contributed by atoms with E-state index in [0.29, 0.717) is 33.8 Å². The Kier molecular flexibility index (Phi) is 8.69. The number of hydrogen-bond acceptors (Lipinski definition) is 8. The van der Waals surface area contributed by atoms with Crippen LogP contribution in [0.1, 0.15) is 49.1 Å². The van der Waals surface area contributed by atoms with Crippen LogP contribution in [0.15, 0.2) is 42.6 Å². The van der Waals surface area contributed by atoms with Crippen LogP contribution in [-0.2, 0) is 6.18 Å². The van der Waals surface area contributed by atoms with Gasteiger partial charge in [0.05, 0.1) is 36.5 Å². The van der Waals surface area contributed by atoms with Crippen molar-refractivity contribution in [2.75, 3.05) is 47.4 Å². The van der Waals surface area contributed by atoms with Crippen molar-refractivity contribution in [2.24, 2.45) is 0 Å². The zero-order valence-corrected chi connectivity index (χ0v) is 25.7. The Morgan fingerprint density at radius 3 is 2.45 bits per heavy atom. The van der Waals surface area contributed by atoms with Crippen LogP contribution in [0.25, 0.3) is 16.9 Å². The fraction of sp³-hybridized carbons (Fsp3) is 0.400. The van der Waals surface area contributed by atoms with Gasteiger partial charge in [0.2, 0.25) is 0 Å². The molecule has 0 radical (unpaired) electrons. The van der Waals surface area contributed by atoms with Gasteiger partial charge in [0.15, 0.2) is 11.3 Å². The number of amides is 2. The Bertz CT molecular complexity index is 1680. The molecule has 1 unspecified atom stereocenters. The summed E-state index contributed by atoms with van der Waals surface area (Å²) in [5, 5.41) is 14.2. The number of aliphatic hydroxyl groups excluding tert-OH is 1. The molecule has 1 fully saturated rings. The summed E-state index contributed by atoms with van der Waals surface area (Å²) in [6.07, 6.45) is -3.61. The first-order valence-corrected chi connectivity index (χ1v) is 14.7. The van der Waals surface area contributed by atoms with E-state index in [0.717, 1.165) is 11.1 Å². The molecule has 0 spiro atoms. The molecule has 1 aliphatic heterocycles. The molecular formula is C30H33F3N6O4S. The van der Waals surface area contributed by atoms with Crippen LogP contribution in [0, 0.1) is 6.92 Å². The molecule has 2 amide bonds. The first-order chi connectivity index (χ1) is 20.8. The molecule has 1 aliphatic rings. The monoisotopic (exact) mass is 630 g/mol. The van der Waals surface area contributed by atoms with Crippen molar-refractivity contribution in [2.45, 2.75) is 32.1 Å². The topological polar surface area (TPSA) is 104 Å². The highest BCUT2D eigenvalue weighted by atomic mass is 32.1. The first-order valence-electron chi connectivity index (χ1n) is 13.9. The minimum Gasteiger partial charge on any atom is -0.497 e. The molecule has 14 heteroatoms. The van der Waals surface area contributed by atoms with Gasteiger partial charge in [0.25, 0.3) is 11.8 Å². The number of piperazine rings is 1. The largest absolute Gasteiger partial charge is 0.497 e. The molecule has 4 aromatic rings. The molecule has 1 saturated heterocycles. The summed E-state index contributed by atoms with van der Waals surface area (Å²) in [5.41, 5.74) is -0.796. The van der Waals surface area contributed by atoms with Crippen molar-refractivity contribution in [3.8, 4) is 17.0 Å². The van der Waals surface area contributed by atoms with Crippen molar-refractivity contribution >= 4 is 28.8 Å². The molecule has 5 rings (SSSR count). The fourth-order valence-electron chi connectivity index (χ4n) is 5.57. The molecule has 234 valence electrons. The van der Waals surface area contributed by atoms with Crippen molar-refractivity contribution in [1.82, 2.24) is 29.3 Å². The quantitative estimate of drug-likeness (QED) is 0.324. The van der Waals surface area contributed by atoms with E-state index in [-0.39, 0.29) is 53.6 Å². The second-order valence-electron chi connectivity index (χ2n) is 10.9. The number of nitrogens with zero attached hydrogens (tertiary/aromatic N) is 6. The summed E-state index contributed by atoms with van der Waals surface area (Å²) >= 11 is 1.32. The number of alkyl halides is 3. The van der Waals surface area contributed by atoms with Crippen molar-refractivity contribution < 1.29 is 32.6 Å². The number of carbonyl (C=O) groups excluding carboxylic acids is 2. The smallest absolute Gasteiger partial charge is 0.433 e. The van der Waals surface area contributed by atoms with Gasteiger partial charge in [-0.15, -0.1) is 11.3 Å². The highest BCUT2D eigenvalue weighted by molar-refractivity contribution is 7.14. The number of aromatic nitrogens is 3. The third-order valence-corrected chi connectivity index (χ3v) is 9.03. The van der Waals surface area contributed by atoms with E-state index in [2.05, 4.69) is 10.1 Å². The lowest BCUT2D eigenvalue weighted by Crippen LogP contribution is -2.55. The third kappa shape index (κ3) is 5.76. The van der Waals surface area contributed by atoms with E-state index < -0.39 is 17.8 Å². The predicted molar refractivity (Wildman–Crippen MR) is 159 cm³/mol. The molecule has 1 aromatic carbocycles. The van der Waals surface area contributed by atoms with Crippen LogP contribution < -0.4 is 4.74 Å². The average Bonchev–Trinajstić information content (AvgIpc) is 3.63. The van der Waals surface area contributed by atoms with Crippen molar-refractivity contribution in [1.29, 1.82) is 0 Å². The Morgan fingerprint density at radius 2 is 1.86 bits per heavy atom. The van der Waals surface area contributed by atoms with E-state index >= 15 is 0 Å². The Hall–Kier alpha value is -4.01. The molecule has 2 atom stereocenters. The first kappa shape index (κ1) is 31.4. The summed E-state index contributed by atoms with van der Waals surface area (Å²) in [6.45, 7) is 4.09. The zero-order chi connectivity index (χ0) is 31.9. The lowest BCUT2D eigenvalue weighted by atomic mass is 10.0. The van der Waals surface area contributed by atoms with E-state index in [1.54, 1.807) is 49.3 Å². The number of fused-ring (bicyclic) bond motifs is 1. The maximum Gasteiger partial charge on any atom is 0.433 e. The molecule has 4 heterocycles. The standard InChI is InChI=1S/C30H33F3N6O4S/c1-17-15-37(22(16-40)23-10-11-24(44-23)29(42)36(3)4)12-13-38(17)28(41)21-14-34-39-26(30(31,32)33)18(2)25(35-27(21)39)19-6-8-20(43-5)9-7-19/h6-11,14,17,22,40H,12-13,15-16H2,1-5H3/t17-,22?/m1/s1. The maximum atomic E-state index is 14.3. The van der Waals surface area contributed by atoms with Crippen LogP contribution >= 0.6 is 11.3 Å². The van der Waals surface area contributed by atoms with E-state index in [4.69, 9.17) is 4.74 Å². The highest BCUT2D eigenvalue weighted by Crippen LogP contribution is 2.37. The Morgan fingerprint density at radius 1 is 1.16 bits per heavy atom. The molecule has 0 saturated carbocycles. The molecule has 0 bridgehead atoms. The van der Waals surface area contributed by atoms with Gasteiger partial charge in [-0.1, -0.05) is 0 Å². The number of halogens is 3. The third-order valence-electron chi connectivity index (χ3n) is 7.85. The predicted octanol–water partition coefficient (Wildman–Crippen LogP) is 4.38. The van der Waals surface area contributed by atoms with Gasteiger partial charge in [0.1, 0.15) is 11.3 Å². The summed E-state index contributed by atoms with van der Waals surface area (Å²) in [6, 6.07) is 9.37. The molecule has 3 aromatic heterocycles. The average molecular weight is 631 g/mol. The fourth-order valence-corrected chi connectivity index (χ4v) is 6.72. The van der Waals surface area contributed by atoms with Gasteiger partial charge in [0, 0.05) is 55.8 Å². The summed E-state index contributed by atoms with van der Waals surface area (Å²) < 4.78 is 48.9. The number of carbonyl (C=O) groups is 2. The van der Waals surface area contributed by atoms with Crippen LogP contribution in [0.5, 0.6) is 5.75 Å². The van der Waals surface area contributed by atoms with Gasteiger partial charge in [-0.2, -0.15) is 18.3 Å². The van der Waals surface area contributed by atoms with Gasteiger partial charge < -0.3 is 19.6 Å². The second kappa shape index (κ2) is 12.2. The Labute approximate surface area is 256 Å². The number of methoxy groups -OCH3 is 1. The van der Waals surface area contributed by atoms with Gasteiger partial charge in [-0.05, 0) is 50.2 Å². The van der Waals surface area contributed by atoms with Gasteiger partial charge in [-0.3, -0.25) is 14.5 Å². The highest BCUT2D eigenvalue weighted by Gasteiger charge is 2.40. The van der Waals surface area contributed by atoms with Crippen LogP contribution in [0.2, 0.25) is 0 Å². The summed E-state index contributed by atoms with van der Waals surface area (Å²) in [5.74, 6) is -0.0579. The lowest BCUT2D eigenvalue weighted by molar-refractivity contribution is -0.143. The number of benzene rings is 1. The number of thiophene rings is 1. The molecule has 10 nitrogen and oxygen atoms in total. The number of hydrogen-bond donors (Lipinski definition) is 1. The number of aliphatic hydroxyl groups is 1. The second-order valence-corrected chi connectivity index (χ2v) is 12.0. The molecule has 1 N–H and O–H groups in total. The Balaban J connectivity index is 1.44. The minimum absolute atomic E-state index is 0.0330. The van der Waals surface area contributed by atoms with E-state index in [9.17, 15) is 27.9 Å². The summed E-state index contributed by atoms with van der Waals surface area (Å²) in [7, 11) is 4.84. The van der Waals surface area contributed by atoms with Crippen LogP contribution in [-0.4, -0.2) is 99.7 Å². The van der Waals surface area contributed by atoms with Crippen molar-refractivity contribution in [3.63, 3.8) is 0 Å². The van der Waals surface area contributed by atoms with Gasteiger partial charge >= 0.3 is 6.18 Å². The molecule has 44 heavy (non-hydrogen) atoms. The van der Waals surface area contributed by atoms with E-state index in [1.807, 2.05) is 17.9 Å². The minimum atomic E-state index is -4.75. The number of rotatable bonds is 7. The summed E-state index contributed by atoms with van der Waals surface area (Å²) in [4.78, 5) is 37.3.